The van der Waals surface area contributed by atoms with Crippen LogP contribution >= 0.6 is 0 Å². The molecule has 0 aliphatic heterocycles. The summed E-state index contributed by atoms with van der Waals surface area (Å²) in [6.07, 6.45) is 2.09. The Hall–Kier alpha value is -2.14. The summed E-state index contributed by atoms with van der Waals surface area (Å²) in [5.41, 5.74) is 0.988. The molecule has 1 rings (SSSR count). The molecular weight excluding hydrogens is 244 g/mol. The maximum Gasteiger partial charge on any atom is 0.337 e. The van der Waals surface area contributed by atoms with Gasteiger partial charge in [0.1, 0.15) is 0 Å². The first-order chi connectivity index (χ1) is 9.17. The fourth-order valence-electron chi connectivity index (χ4n) is 1.47. The molecule has 0 fully saturated rings. The lowest BCUT2D eigenvalue weighted by molar-refractivity contribution is -0.116. The fraction of sp³-hybridized carbons (Fsp3) is 0.286. The summed E-state index contributed by atoms with van der Waals surface area (Å²) in [7, 11) is 1.32. The molecule has 5 heteroatoms. The third kappa shape index (κ3) is 5.35. The number of benzene rings is 1. The highest BCUT2D eigenvalue weighted by Gasteiger charge is 2.07. The first-order valence-corrected chi connectivity index (χ1v) is 5.97. The zero-order chi connectivity index (χ0) is 14.1. The average molecular weight is 262 g/mol. The van der Waals surface area contributed by atoms with Crippen molar-refractivity contribution in [2.45, 2.75) is 6.42 Å². The standard InChI is InChI=1S/C14H18N2O3/c1-3-8-15-9-7-13(17)16-12-6-4-5-11(10-12)14(18)19-2/h3-6,10,15H,1,7-9H2,2H3,(H,16,17). The molecule has 102 valence electrons. The number of amides is 1. The summed E-state index contributed by atoms with van der Waals surface area (Å²) in [5.74, 6) is -0.540. The van der Waals surface area contributed by atoms with Gasteiger partial charge >= 0.3 is 5.97 Å². The number of hydrogen-bond donors (Lipinski definition) is 2. The molecular formula is C14H18N2O3. The first kappa shape index (κ1) is 14.9. The van der Waals surface area contributed by atoms with Gasteiger partial charge in [-0.25, -0.2) is 4.79 Å². The molecule has 0 heterocycles. The summed E-state index contributed by atoms with van der Waals surface area (Å²) in [6, 6.07) is 6.63. The maximum absolute atomic E-state index is 11.6. The number of carbonyl (C=O) groups is 2. The smallest absolute Gasteiger partial charge is 0.337 e. The van der Waals surface area contributed by atoms with Gasteiger partial charge in [0.15, 0.2) is 0 Å². The van der Waals surface area contributed by atoms with Crippen molar-refractivity contribution in [1.29, 1.82) is 0 Å². The van der Waals surface area contributed by atoms with Crippen LogP contribution in [0.2, 0.25) is 0 Å². The molecule has 2 N–H and O–H groups in total. The molecule has 0 saturated carbocycles. The quantitative estimate of drug-likeness (QED) is 0.445. The van der Waals surface area contributed by atoms with E-state index in [2.05, 4.69) is 21.9 Å². The van der Waals surface area contributed by atoms with Crippen LogP contribution in [-0.2, 0) is 9.53 Å². The molecule has 0 spiro atoms. The van der Waals surface area contributed by atoms with E-state index in [1.54, 1.807) is 30.3 Å². The van der Waals surface area contributed by atoms with E-state index in [1.807, 2.05) is 0 Å². The van der Waals surface area contributed by atoms with E-state index in [9.17, 15) is 9.59 Å². The highest BCUT2D eigenvalue weighted by molar-refractivity contribution is 5.94. The minimum Gasteiger partial charge on any atom is -0.465 e. The Morgan fingerprint density at radius 2 is 2.21 bits per heavy atom. The van der Waals surface area contributed by atoms with Crippen LogP contribution in [0.4, 0.5) is 5.69 Å². The van der Waals surface area contributed by atoms with Crippen molar-refractivity contribution in [2.75, 3.05) is 25.5 Å². The highest BCUT2D eigenvalue weighted by atomic mass is 16.5. The molecule has 0 bridgehead atoms. The number of nitrogens with one attached hydrogen (secondary N) is 2. The van der Waals surface area contributed by atoms with Crippen LogP contribution in [0.25, 0.3) is 0 Å². The highest BCUT2D eigenvalue weighted by Crippen LogP contribution is 2.11. The van der Waals surface area contributed by atoms with Gasteiger partial charge in [-0.15, -0.1) is 6.58 Å². The first-order valence-electron chi connectivity index (χ1n) is 5.97. The molecule has 0 aliphatic carbocycles. The molecule has 0 radical (unpaired) electrons. The van der Waals surface area contributed by atoms with Crippen LogP contribution < -0.4 is 10.6 Å². The summed E-state index contributed by atoms with van der Waals surface area (Å²) in [6.45, 7) is 4.82. The molecule has 5 nitrogen and oxygen atoms in total. The second kappa shape index (κ2) is 8.05. The molecule has 1 aromatic carbocycles. The van der Waals surface area contributed by atoms with Gasteiger partial charge in [-0.05, 0) is 18.2 Å². The number of rotatable bonds is 7. The Kier molecular flexibility index (Phi) is 6.32. The Labute approximate surface area is 112 Å². The van der Waals surface area contributed by atoms with Gasteiger partial charge in [-0.2, -0.15) is 0 Å². The Bertz CT molecular complexity index is 458. The van der Waals surface area contributed by atoms with Crippen molar-refractivity contribution in [3.63, 3.8) is 0 Å². The van der Waals surface area contributed by atoms with E-state index in [1.165, 1.54) is 7.11 Å². The number of hydrogen-bond acceptors (Lipinski definition) is 4. The van der Waals surface area contributed by atoms with Crippen LogP contribution in [0.1, 0.15) is 16.8 Å². The minimum absolute atomic E-state index is 0.112. The van der Waals surface area contributed by atoms with Crippen molar-refractivity contribution >= 4 is 17.6 Å². The number of anilines is 1. The van der Waals surface area contributed by atoms with Gasteiger partial charge in [0.25, 0.3) is 0 Å². The maximum atomic E-state index is 11.6. The summed E-state index contributed by atoms with van der Waals surface area (Å²) >= 11 is 0. The summed E-state index contributed by atoms with van der Waals surface area (Å²) in [4.78, 5) is 23.0. The van der Waals surface area contributed by atoms with Gasteiger partial charge in [0.2, 0.25) is 5.91 Å². The number of ether oxygens (including phenoxy) is 1. The zero-order valence-corrected chi connectivity index (χ0v) is 10.9. The van der Waals surface area contributed by atoms with Gasteiger partial charge in [0.05, 0.1) is 12.7 Å². The van der Waals surface area contributed by atoms with Crippen LogP contribution in [-0.4, -0.2) is 32.1 Å². The Morgan fingerprint density at radius 1 is 1.42 bits per heavy atom. The van der Waals surface area contributed by atoms with Crippen molar-refractivity contribution < 1.29 is 14.3 Å². The molecule has 0 atom stereocenters. The molecule has 0 saturated heterocycles. The summed E-state index contributed by atoms with van der Waals surface area (Å²) in [5, 5.41) is 5.76. The molecule has 19 heavy (non-hydrogen) atoms. The average Bonchev–Trinajstić information content (AvgIpc) is 2.43. The largest absolute Gasteiger partial charge is 0.465 e. The van der Waals surface area contributed by atoms with Gasteiger partial charge in [0, 0.05) is 25.2 Å². The lowest BCUT2D eigenvalue weighted by Gasteiger charge is -2.07. The van der Waals surface area contributed by atoms with Crippen molar-refractivity contribution in [2.24, 2.45) is 0 Å². The third-order valence-electron chi connectivity index (χ3n) is 2.38. The second-order valence-corrected chi connectivity index (χ2v) is 3.86. The van der Waals surface area contributed by atoms with E-state index >= 15 is 0 Å². The van der Waals surface area contributed by atoms with Gasteiger partial charge in [-0.3, -0.25) is 4.79 Å². The molecule has 1 aromatic rings. The van der Waals surface area contributed by atoms with E-state index in [0.717, 1.165) is 0 Å². The predicted molar refractivity (Wildman–Crippen MR) is 74.1 cm³/mol. The number of methoxy groups -OCH3 is 1. The monoisotopic (exact) mass is 262 g/mol. The molecule has 0 aliphatic rings. The second-order valence-electron chi connectivity index (χ2n) is 3.86. The van der Waals surface area contributed by atoms with Gasteiger partial charge in [-0.1, -0.05) is 12.1 Å². The fourth-order valence-corrected chi connectivity index (χ4v) is 1.47. The van der Waals surface area contributed by atoms with Crippen LogP contribution in [0.15, 0.2) is 36.9 Å². The lowest BCUT2D eigenvalue weighted by atomic mass is 10.2. The Balaban J connectivity index is 2.50. The summed E-state index contributed by atoms with van der Waals surface area (Å²) < 4.78 is 4.62. The number of esters is 1. The van der Waals surface area contributed by atoms with E-state index in [-0.39, 0.29) is 5.91 Å². The number of carbonyl (C=O) groups excluding carboxylic acids is 2. The van der Waals surface area contributed by atoms with E-state index in [0.29, 0.717) is 30.8 Å². The van der Waals surface area contributed by atoms with Crippen LogP contribution in [0.5, 0.6) is 0 Å². The lowest BCUT2D eigenvalue weighted by Crippen LogP contribution is -2.21. The SMILES string of the molecule is C=CCNCCC(=O)Nc1cccc(C(=O)OC)c1. The van der Waals surface area contributed by atoms with E-state index < -0.39 is 5.97 Å². The van der Waals surface area contributed by atoms with Crippen molar-refractivity contribution in [3.05, 3.63) is 42.5 Å². The topological polar surface area (TPSA) is 67.4 Å². The molecule has 0 aromatic heterocycles. The minimum atomic E-state index is -0.427. The van der Waals surface area contributed by atoms with Crippen molar-refractivity contribution in [3.8, 4) is 0 Å². The molecule has 0 unspecified atom stereocenters. The third-order valence-corrected chi connectivity index (χ3v) is 2.38. The predicted octanol–water partition coefficient (Wildman–Crippen LogP) is 1.58. The van der Waals surface area contributed by atoms with Crippen LogP contribution in [0.3, 0.4) is 0 Å². The zero-order valence-electron chi connectivity index (χ0n) is 10.9. The van der Waals surface area contributed by atoms with Crippen LogP contribution in [0, 0.1) is 0 Å². The van der Waals surface area contributed by atoms with Crippen molar-refractivity contribution in [1.82, 2.24) is 5.32 Å². The molecule has 1 amide bonds. The Morgan fingerprint density at radius 3 is 2.89 bits per heavy atom. The van der Waals surface area contributed by atoms with Gasteiger partial charge < -0.3 is 15.4 Å². The van der Waals surface area contributed by atoms with E-state index in [4.69, 9.17) is 0 Å². The normalized spacial score (nSPS) is 9.74.